The molecule has 0 fully saturated rings. The van der Waals surface area contributed by atoms with E-state index in [0.717, 1.165) is 31.2 Å². The Morgan fingerprint density at radius 2 is 1.75 bits per heavy atom. The predicted molar refractivity (Wildman–Crippen MR) is 88.2 cm³/mol. The fourth-order valence-electron chi connectivity index (χ4n) is 2.11. The van der Waals surface area contributed by atoms with Gasteiger partial charge in [0.2, 0.25) is 0 Å². The minimum absolute atomic E-state index is 0.00386. The Bertz CT molecular complexity index is 784. The van der Waals surface area contributed by atoms with Crippen LogP contribution in [0.4, 0.5) is 11.4 Å². The van der Waals surface area contributed by atoms with Crippen LogP contribution in [0.1, 0.15) is 33.2 Å². The van der Waals surface area contributed by atoms with E-state index in [9.17, 15) is 19.7 Å². The van der Waals surface area contributed by atoms with Crippen LogP contribution >= 0.6 is 0 Å². The van der Waals surface area contributed by atoms with E-state index in [1.54, 1.807) is 12.1 Å². The first-order valence-electron chi connectivity index (χ1n) is 7.22. The minimum atomic E-state index is -0.750. The Labute approximate surface area is 138 Å². The molecule has 24 heavy (non-hydrogen) atoms. The number of rotatable bonds is 5. The zero-order valence-corrected chi connectivity index (χ0v) is 13.2. The number of amides is 1. The number of methoxy groups -OCH3 is 1. The Hall–Kier alpha value is -3.22. The third-order valence-corrected chi connectivity index (χ3v) is 3.43. The molecular weight excluding hydrogens is 312 g/mol. The quantitative estimate of drug-likeness (QED) is 0.516. The van der Waals surface area contributed by atoms with E-state index in [-0.39, 0.29) is 16.8 Å². The first-order valence-corrected chi connectivity index (χ1v) is 7.22. The number of non-ortho nitro benzene ring substituents is 1. The highest BCUT2D eigenvalue weighted by Gasteiger charge is 2.18. The summed E-state index contributed by atoms with van der Waals surface area (Å²) in [6.07, 6.45) is 0.877. The summed E-state index contributed by atoms with van der Waals surface area (Å²) in [5.41, 5.74) is 1.27. The van der Waals surface area contributed by atoms with Gasteiger partial charge in [0.25, 0.3) is 11.6 Å². The molecule has 0 aliphatic heterocycles. The number of aryl methyl sites for hydroxylation is 1. The van der Waals surface area contributed by atoms with Gasteiger partial charge in [0, 0.05) is 23.4 Å². The molecule has 0 aliphatic rings. The van der Waals surface area contributed by atoms with Crippen LogP contribution in [0.3, 0.4) is 0 Å². The smallest absolute Gasteiger partial charge is 0.338 e. The molecule has 1 N–H and O–H groups in total. The average molecular weight is 328 g/mol. The third kappa shape index (κ3) is 3.95. The van der Waals surface area contributed by atoms with E-state index < -0.39 is 16.8 Å². The molecule has 2 rings (SSSR count). The molecule has 0 saturated carbocycles. The van der Waals surface area contributed by atoms with Crippen LogP contribution < -0.4 is 5.32 Å². The molecule has 2 aromatic rings. The number of carbonyl (C=O) groups excluding carboxylic acids is 2. The number of anilines is 1. The summed E-state index contributed by atoms with van der Waals surface area (Å²) in [7, 11) is 1.16. The van der Waals surface area contributed by atoms with Crippen molar-refractivity contribution in [2.75, 3.05) is 12.4 Å². The number of nitrogens with zero attached hydrogens (tertiary/aromatic N) is 1. The van der Waals surface area contributed by atoms with Crippen LogP contribution in [-0.4, -0.2) is 23.9 Å². The van der Waals surface area contributed by atoms with Crippen molar-refractivity contribution in [3.63, 3.8) is 0 Å². The maximum atomic E-state index is 12.3. The molecule has 0 aromatic heterocycles. The summed E-state index contributed by atoms with van der Waals surface area (Å²) in [6.45, 7) is 2.02. The molecule has 7 heteroatoms. The van der Waals surface area contributed by atoms with Gasteiger partial charge in [-0.05, 0) is 30.2 Å². The Kier molecular flexibility index (Phi) is 5.26. The number of hydrogen-bond donors (Lipinski definition) is 1. The number of nitro benzene ring substituents is 1. The lowest BCUT2D eigenvalue weighted by molar-refractivity contribution is -0.384. The van der Waals surface area contributed by atoms with Crippen molar-refractivity contribution in [3.05, 3.63) is 69.3 Å². The molecule has 2 aromatic carbocycles. The summed E-state index contributed by atoms with van der Waals surface area (Å²) in [5.74, 6) is -1.30. The van der Waals surface area contributed by atoms with E-state index in [2.05, 4.69) is 10.1 Å². The maximum Gasteiger partial charge on any atom is 0.338 e. The van der Waals surface area contributed by atoms with Crippen molar-refractivity contribution >= 4 is 23.3 Å². The summed E-state index contributed by atoms with van der Waals surface area (Å²) in [6, 6.07) is 10.7. The SMILES string of the molecule is CCc1ccc(NC(=O)c2cc(C(=O)OC)cc([N+](=O)[O-])c2)cc1. The van der Waals surface area contributed by atoms with E-state index in [1.165, 1.54) is 6.07 Å². The standard InChI is InChI=1S/C17H16N2O5/c1-3-11-4-6-14(7-5-11)18-16(20)12-8-13(17(21)24-2)10-15(9-12)19(22)23/h4-10H,3H2,1-2H3,(H,18,20). The summed E-state index contributed by atoms with van der Waals surface area (Å²) in [5, 5.41) is 13.6. The van der Waals surface area contributed by atoms with Crippen LogP contribution in [0.5, 0.6) is 0 Å². The van der Waals surface area contributed by atoms with Gasteiger partial charge in [0.05, 0.1) is 17.6 Å². The first kappa shape index (κ1) is 17.1. The molecular formula is C17H16N2O5. The largest absolute Gasteiger partial charge is 0.465 e. The maximum absolute atomic E-state index is 12.3. The van der Waals surface area contributed by atoms with Crippen molar-refractivity contribution in [2.45, 2.75) is 13.3 Å². The lowest BCUT2D eigenvalue weighted by Crippen LogP contribution is -2.14. The number of benzene rings is 2. The van der Waals surface area contributed by atoms with E-state index in [1.807, 2.05) is 19.1 Å². The van der Waals surface area contributed by atoms with Crippen LogP contribution in [0.15, 0.2) is 42.5 Å². The molecule has 7 nitrogen and oxygen atoms in total. The second kappa shape index (κ2) is 7.36. The number of nitro groups is 1. The number of carbonyl (C=O) groups is 2. The Balaban J connectivity index is 2.31. The van der Waals surface area contributed by atoms with Crippen molar-refractivity contribution in [1.29, 1.82) is 0 Å². The number of esters is 1. The summed E-state index contributed by atoms with van der Waals surface area (Å²) in [4.78, 5) is 34.3. The molecule has 0 bridgehead atoms. The van der Waals surface area contributed by atoms with Gasteiger partial charge >= 0.3 is 5.97 Å². The van der Waals surface area contributed by atoms with Gasteiger partial charge in [-0.25, -0.2) is 4.79 Å². The van der Waals surface area contributed by atoms with Gasteiger partial charge < -0.3 is 10.1 Å². The van der Waals surface area contributed by atoms with Gasteiger partial charge in [0.1, 0.15) is 0 Å². The lowest BCUT2D eigenvalue weighted by atomic mass is 10.1. The van der Waals surface area contributed by atoms with Crippen LogP contribution in [-0.2, 0) is 11.2 Å². The van der Waals surface area contributed by atoms with E-state index in [4.69, 9.17) is 0 Å². The second-order valence-corrected chi connectivity index (χ2v) is 5.02. The van der Waals surface area contributed by atoms with Crippen LogP contribution in [0.25, 0.3) is 0 Å². The van der Waals surface area contributed by atoms with Crippen LogP contribution in [0, 0.1) is 10.1 Å². The monoisotopic (exact) mass is 328 g/mol. The van der Waals surface area contributed by atoms with Crippen molar-refractivity contribution < 1.29 is 19.2 Å². The third-order valence-electron chi connectivity index (χ3n) is 3.43. The molecule has 0 unspecified atom stereocenters. The molecule has 0 saturated heterocycles. The highest BCUT2D eigenvalue weighted by molar-refractivity contribution is 6.06. The normalized spacial score (nSPS) is 10.1. The van der Waals surface area contributed by atoms with Gasteiger partial charge in [0.15, 0.2) is 0 Å². The van der Waals surface area contributed by atoms with Gasteiger partial charge in [-0.3, -0.25) is 14.9 Å². The van der Waals surface area contributed by atoms with E-state index >= 15 is 0 Å². The second-order valence-electron chi connectivity index (χ2n) is 5.02. The molecule has 0 aliphatic carbocycles. The average Bonchev–Trinajstić information content (AvgIpc) is 2.61. The molecule has 0 spiro atoms. The molecule has 1 amide bonds. The molecule has 124 valence electrons. The molecule has 0 heterocycles. The minimum Gasteiger partial charge on any atom is -0.465 e. The first-order chi connectivity index (χ1) is 11.4. The topological polar surface area (TPSA) is 98.5 Å². The van der Waals surface area contributed by atoms with Gasteiger partial charge in [-0.2, -0.15) is 0 Å². The number of ether oxygens (including phenoxy) is 1. The fourth-order valence-corrected chi connectivity index (χ4v) is 2.11. The highest BCUT2D eigenvalue weighted by atomic mass is 16.6. The Morgan fingerprint density at radius 3 is 2.29 bits per heavy atom. The number of nitrogens with one attached hydrogen (secondary N) is 1. The van der Waals surface area contributed by atoms with Crippen LogP contribution in [0.2, 0.25) is 0 Å². The zero-order valence-electron chi connectivity index (χ0n) is 13.2. The van der Waals surface area contributed by atoms with Crippen molar-refractivity contribution in [2.24, 2.45) is 0 Å². The van der Waals surface area contributed by atoms with Gasteiger partial charge in [-0.1, -0.05) is 19.1 Å². The van der Waals surface area contributed by atoms with Crippen molar-refractivity contribution in [3.8, 4) is 0 Å². The highest BCUT2D eigenvalue weighted by Crippen LogP contribution is 2.19. The lowest BCUT2D eigenvalue weighted by Gasteiger charge is -2.07. The Morgan fingerprint density at radius 1 is 1.12 bits per heavy atom. The molecule has 0 radical (unpaired) electrons. The fraction of sp³-hybridized carbons (Fsp3) is 0.176. The summed E-state index contributed by atoms with van der Waals surface area (Å²) < 4.78 is 4.56. The zero-order chi connectivity index (χ0) is 17.7. The predicted octanol–water partition coefficient (Wildman–Crippen LogP) is 3.20. The van der Waals surface area contributed by atoms with E-state index in [0.29, 0.717) is 5.69 Å². The van der Waals surface area contributed by atoms with Gasteiger partial charge in [-0.15, -0.1) is 0 Å². The number of hydrogen-bond acceptors (Lipinski definition) is 5. The van der Waals surface area contributed by atoms with Crippen molar-refractivity contribution in [1.82, 2.24) is 0 Å². The molecule has 0 atom stereocenters. The summed E-state index contributed by atoms with van der Waals surface area (Å²) >= 11 is 0.